The molecule has 0 aromatic carbocycles. The monoisotopic (exact) mass is 307 g/mol. The van der Waals surface area contributed by atoms with Crippen LogP contribution in [0.5, 0.6) is 0 Å². The van der Waals surface area contributed by atoms with Crippen LogP contribution >= 0.6 is 22.7 Å². The molecule has 1 fully saturated rings. The van der Waals surface area contributed by atoms with E-state index in [-0.39, 0.29) is 16.8 Å². The molecule has 1 aliphatic rings. The third-order valence-electron chi connectivity index (χ3n) is 3.41. The molecule has 1 aliphatic heterocycles. The number of aromatic carboxylic acids is 1. The van der Waals surface area contributed by atoms with Gasteiger partial charge in [-0.3, -0.25) is 4.79 Å². The van der Waals surface area contributed by atoms with E-state index in [1.807, 2.05) is 16.3 Å². The summed E-state index contributed by atoms with van der Waals surface area (Å²) in [6.45, 7) is 0.738. The maximum absolute atomic E-state index is 12.5. The lowest BCUT2D eigenvalue weighted by molar-refractivity contribution is 0.0701. The van der Waals surface area contributed by atoms with Crippen LogP contribution in [0.2, 0.25) is 0 Å². The number of carbonyl (C=O) groups excluding carboxylic acids is 1. The minimum Gasteiger partial charge on any atom is -0.477 e. The molecule has 1 N–H and O–H groups in total. The highest BCUT2D eigenvalue weighted by molar-refractivity contribution is 7.15. The number of nitrogens with zero attached hydrogens (tertiary/aromatic N) is 1. The standard InChI is InChI=1S/C14H13NO3S2/c16-13(11-5-6-12(20-11)14(17)18)15-7-1-3-9(15)10-4-2-8-19-10/h2,4-6,8-9H,1,3,7H2,(H,17,18)/t9-/m1/s1. The number of carboxylic acid groups (broad SMARTS) is 1. The zero-order valence-corrected chi connectivity index (χ0v) is 12.2. The Hall–Kier alpha value is -1.66. The van der Waals surface area contributed by atoms with Crippen molar-refractivity contribution in [3.63, 3.8) is 0 Å². The summed E-state index contributed by atoms with van der Waals surface area (Å²) in [6, 6.07) is 7.29. The van der Waals surface area contributed by atoms with Crippen molar-refractivity contribution in [3.8, 4) is 0 Å². The third kappa shape index (κ3) is 2.36. The number of hydrogen-bond acceptors (Lipinski definition) is 4. The number of carbonyl (C=O) groups is 2. The molecule has 1 saturated heterocycles. The SMILES string of the molecule is O=C(O)c1ccc(C(=O)N2CCC[C@@H]2c2cccs2)s1. The van der Waals surface area contributed by atoms with Gasteiger partial charge in [-0.2, -0.15) is 0 Å². The van der Waals surface area contributed by atoms with Crippen molar-refractivity contribution in [2.45, 2.75) is 18.9 Å². The van der Waals surface area contributed by atoms with Gasteiger partial charge < -0.3 is 10.0 Å². The summed E-state index contributed by atoms with van der Waals surface area (Å²) in [5, 5.41) is 11.0. The van der Waals surface area contributed by atoms with Gasteiger partial charge in [-0.05, 0) is 36.4 Å². The average Bonchev–Trinajstić information content (AvgIpc) is 3.17. The summed E-state index contributed by atoms with van der Waals surface area (Å²) in [5.41, 5.74) is 0. The number of carboxylic acids is 1. The Kier molecular flexibility index (Phi) is 3.58. The Bertz CT molecular complexity index is 633. The molecule has 2 aromatic rings. The molecule has 104 valence electrons. The molecule has 3 rings (SSSR count). The van der Waals surface area contributed by atoms with E-state index < -0.39 is 5.97 Å². The van der Waals surface area contributed by atoms with Crippen LogP contribution in [0, 0.1) is 0 Å². The number of rotatable bonds is 3. The van der Waals surface area contributed by atoms with Gasteiger partial charge in [0.25, 0.3) is 5.91 Å². The smallest absolute Gasteiger partial charge is 0.345 e. The Morgan fingerprint density at radius 1 is 1.25 bits per heavy atom. The van der Waals surface area contributed by atoms with E-state index in [1.54, 1.807) is 17.4 Å². The molecule has 1 atom stereocenters. The molecule has 0 radical (unpaired) electrons. The average molecular weight is 307 g/mol. The van der Waals surface area contributed by atoms with Gasteiger partial charge in [0.15, 0.2) is 0 Å². The molecule has 3 heterocycles. The zero-order chi connectivity index (χ0) is 14.1. The van der Waals surface area contributed by atoms with E-state index in [0.717, 1.165) is 30.7 Å². The Labute approximate surface area is 124 Å². The van der Waals surface area contributed by atoms with Gasteiger partial charge in [0.05, 0.1) is 10.9 Å². The molecular weight excluding hydrogens is 294 g/mol. The number of thiophene rings is 2. The molecule has 0 aliphatic carbocycles. The predicted octanol–water partition coefficient (Wildman–Crippen LogP) is 3.49. The highest BCUT2D eigenvalue weighted by Gasteiger charge is 2.32. The lowest BCUT2D eigenvalue weighted by Gasteiger charge is -2.23. The summed E-state index contributed by atoms with van der Waals surface area (Å²) in [4.78, 5) is 27.2. The third-order valence-corrected chi connectivity index (χ3v) is 5.45. The predicted molar refractivity (Wildman–Crippen MR) is 78.6 cm³/mol. The molecular formula is C14H13NO3S2. The van der Waals surface area contributed by atoms with Gasteiger partial charge in [-0.1, -0.05) is 6.07 Å². The van der Waals surface area contributed by atoms with Crippen molar-refractivity contribution in [3.05, 3.63) is 44.3 Å². The van der Waals surface area contributed by atoms with Crippen molar-refractivity contribution in [1.29, 1.82) is 0 Å². The molecule has 4 nitrogen and oxygen atoms in total. The first-order chi connectivity index (χ1) is 9.66. The van der Waals surface area contributed by atoms with Gasteiger partial charge >= 0.3 is 5.97 Å². The largest absolute Gasteiger partial charge is 0.477 e. The molecule has 0 unspecified atom stereocenters. The highest BCUT2D eigenvalue weighted by atomic mass is 32.1. The molecule has 2 aromatic heterocycles. The van der Waals surface area contributed by atoms with Crippen LogP contribution in [0.1, 0.15) is 43.1 Å². The van der Waals surface area contributed by atoms with Gasteiger partial charge in [0, 0.05) is 11.4 Å². The Morgan fingerprint density at radius 3 is 2.70 bits per heavy atom. The van der Waals surface area contributed by atoms with E-state index in [0.29, 0.717) is 4.88 Å². The van der Waals surface area contributed by atoms with Crippen LogP contribution in [-0.2, 0) is 0 Å². The number of amides is 1. The Balaban J connectivity index is 1.83. The maximum Gasteiger partial charge on any atom is 0.345 e. The van der Waals surface area contributed by atoms with Crippen LogP contribution in [0.15, 0.2) is 29.6 Å². The summed E-state index contributed by atoms with van der Waals surface area (Å²) in [6.07, 6.45) is 1.97. The fourth-order valence-electron chi connectivity index (χ4n) is 2.50. The molecule has 20 heavy (non-hydrogen) atoms. The van der Waals surface area contributed by atoms with E-state index in [4.69, 9.17) is 5.11 Å². The quantitative estimate of drug-likeness (QED) is 0.944. The van der Waals surface area contributed by atoms with Crippen molar-refractivity contribution >= 4 is 34.6 Å². The normalized spacial score (nSPS) is 18.4. The van der Waals surface area contributed by atoms with Gasteiger partial charge in [-0.25, -0.2) is 4.79 Å². The minimum absolute atomic E-state index is 0.0570. The fraction of sp³-hybridized carbons (Fsp3) is 0.286. The first-order valence-electron chi connectivity index (χ1n) is 6.34. The van der Waals surface area contributed by atoms with E-state index in [9.17, 15) is 9.59 Å². The lowest BCUT2D eigenvalue weighted by Crippen LogP contribution is -2.29. The molecule has 1 amide bonds. The summed E-state index contributed by atoms with van der Waals surface area (Å²) in [7, 11) is 0. The van der Waals surface area contributed by atoms with E-state index in [2.05, 4.69) is 6.07 Å². The molecule has 6 heteroatoms. The molecule has 0 saturated carbocycles. The summed E-state index contributed by atoms with van der Waals surface area (Å²) >= 11 is 2.71. The molecule has 0 spiro atoms. The second-order valence-corrected chi connectivity index (χ2v) is 6.70. The first-order valence-corrected chi connectivity index (χ1v) is 8.04. The zero-order valence-electron chi connectivity index (χ0n) is 10.6. The van der Waals surface area contributed by atoms with Gasteiger partial charge in [-0.15, -0.1) is 22.7 Å². The van der Waals surface area contributed by atoms with E-state index in [1.165, 1.54) is 10.9 Å². The van der Waals surface area contributed by atoms with Gasteiger partial charge in [0.2, 0.25) is 0 Å². The lowest BCUT2D eigenvalue weighted by atomic mass is 10.2. The van der Waals surface area contributed by atoms with Crippen LogP contribution in [0.25, 0.3) is 0 Å². The summed E-state index contributed by atoms with van der Waals surface area (Å²) in [5.74, 6) is -1.04. The first kappa shape index (κ1) is 13.3. The van der Waals surface area contributed by atoms with Crippen LogP contribution in [0.4, 0.5) is 0 Å². The topological polar surface area (TPSA) is 57.6 Å². The van der Waals surface area contributed by atoms with Gasteiger partial charge in [0.1, 0.15) is 4.88 Å². The highest BCUT2D eigenvalue weighted by Crippen LogP contribution is 2.36. The summed E-state index contributed by atoms with van der Waals surface area (Å²) < 4.78 is 0. The van der Waals surface area contributed by atoms with Crippen molar-refractivity contribution in [2.75, 3.05) is 6.54 Å². The fourth-order valence-corrected chi connectivity index (χ4v) is 4.17. The van der Waals surface area contributed by atoms with Crippen molar-refractivity contribution in [1.82, 2.24) is 4.90 Å². The van der Waals surface area contributed by atoms with Crippen LogP contribution in [0.3, 0.4) is 0 Å². The second-order valence-electron chi connectivity index (χ2n) is 4.64. The second kappa shape index (κ2) is 5.38. The molecule has 0 bridgehead atoms. The van der Waals surface area contributed by atoms with E-state index >= 15 is 0 Å². The van der Waals surface area contributed by atoms with Crippen molar-refractivity contribution in [2.24, 2.45) is 0 Å². The van der Waals surface area contributed by atoms with Crippen LogP contribution in [-0.4, -0.2) is 28.4 Å². The number of hydrogen-bond donors (Lipinski definition) is 1. The van der Waals surface area contributed by atoms with Crippen LogP contribution < -0.4 is 0 Å². The minimum atomic E-state index is -0.981. The van der Waals surface area contributed by atoms with Crippen molar-refractivity contribution < 1.29 is 14.7 Å². The maximum atomic E-state index is 12.5. The Morgan fingerprint density at radius 2 is 2.05 bits per heavy atom. The number of likely N-dealkylation sites (tertiary alicyclic amines) is 1.